The Kier molecular flexibility index (Phi) is 6.23. The largest absolute Gasteiger partial charge is 0.368 e. The quantitative estimate of drug-likeness (QED) is 0.840. The van der Waals surface area contributed by atoms with Crippen molar-refractivity contribution in [2.75, 3.05) is 24.5 Å². The van der Waals surface area contributed by atoms with Gasteiger partial charge in [-0.25, -0.2) is 4.68 Å². The average Bonchev–Trinajstić information content (AvgIpc) is 2.40. The first-order valence-corrected chi connectivity index (χ1v) is 7.83. The van der Waals surface area contributed by atoms with Gasteiger partial charge in [0.2, 0.25) is 0 Å². The van der Waals surface area contributed by atoms with E-state index >= 15 is 0 Å². The van der Waals surface area contributed by atoms with Gasteiger partial charge in [-0.1, -0.05) is 32.4 Å². The van der Waals surface area contributed by atoms with E-state index in [2.05, 4.69) is 30.8 Å². The van der Waals surface area contributed by atoms with Gasteiger partial charge in [-0.2, -0.15) is 5.10 Å². The van der Waals surface area contributed by atoms with Crippen LogP contribution in [0.5, 0.6) is 0 Å². The van der Waals surface area contributed by atoms with E-state index in [1.165, 1.54) is 4.68 Å². The molecule has 120 valence electrons. The lowest BCUT2D eigenvalue weighted by molar-refractivity contribution is 0.377. The third-order valence-electron chi connectivity index (χ3n) is 3.42. The molecule has 0 unspecified atom stereocenters. The number of hydrogen-bond donors (Lipinski definition) is 1. The fraction of sp³-hybridized carbons (Fsp3) is 0.733. The predicted octanol–water partition coefficient (Wildman–Crippen LogP) is 2.68. The van der Waals surface area contributed by atoms with Crippen LogP contribution in [0.2, 0.25) is 5.02 Å². The van der Waals surface area contributed by atoms with Gasteiger partial charge in [0.15, 0.2) is 0 Å². The number of anilines is 1. The van der Waals surface area contributed by atoms with Crippen LogP contribution in [0.1, 0.15) is 47.1 Å². The lowest BCUT2D eigenvalue weighted by Crippen LogP contribution is -2.40. The highest BCUT2D eigenvalue weighted by Gasteiger charge is 2.23. The van der Waals surface area contributed by atoms with Gasteiger partial charge < -0.3 is 10.6 Å². The summed E-state index contributed by atoms with van der Waals surface area (Å²) in [4.78, 5) is 14.4. The van der Waals surface area contributed by atoms with E-state index in [0.717, 1.165) is 19.5 Å². The van der Waals surface area contributed by atoms with Crippen molar-refractivity contribution in [3.63, 3.8) is 0 Å². The van der Waals surface area contributed by atoms with Crippen molar-refractivity contribution in [3.8, 4) is 0 Å². The molecular weight excluding hydrogens is 288 g/mol. The van der Waals surface area contributed by atoms with Gasteiger partial charge in [0.1, 0.15) is 5.02 Å². The second kappa shape index (κ2) is 7.27. The fourth-order valence-corrected chi connectivity index (χ4v) is 2.42. The molecule has 1 aromatic rings. The van der Waals surface area contributed by atoms with Crippen LogP contribution in [-0.2, 0) is 0 Å². The van der Waals surface area contributed by atoms with Crippen molar-refractivity contribution >= 4 is 17.3 Å². The van der Waals surface area contributed by atoms with E-state index in [4.69, 9.17) is 17.3 Å². The Balaban J connectivity index is 3.21. The van der Waals surface area contributed by atoms with Crippen LogP contribution in [-0.4, -0.2) is 29.4 Å². The number of halogens is 1. The van der Waals surface area contributed by atoms with Gasteiger partial charge in [-0.15, -0.1) is 0 Å². The zero-order chi connectivity index (χ0) is 16.2. The molecule has 1 aromatic heterocycles. The van der Waals surface area contributed by atoms with Crippen LogP contribution in [0.4, 0.5) is 5.69 Å². The Bertz CT molecular complexity index is 525. The standard InChI is InChI=1S/C15H27ClN4O/c1-6-7-19(10-15(4,5)9-17)12-8-18-20(11(2)3)14(21)13(12)16/h8,11H,6-7,9-10,17H2,1-5H3. The molecular formula is C15H27ClN4O. The summed E-state index contributed by atoms with van der Waals surface area (Å²) in [5.74, 6) is 0. The van der Waals surface area contributed by atoms with Crippen molar-refractivity contribution in [1.29, 1.82) is 0 Å². The highest BCUT2D eigenvalue weighted by Crippen LogP contribution is 2.26. The number of nitrogens with zero attached hydrogens (tertiary/aromatic N) is 3. The van der Waals surface area contributed by atoms with Crippen molar-refractivity contribution in [3.05, 3.63) is 21.6 Å². The summed E-state index contributed by atoms with van der Waals surface area (Å²) in [5.41, 5.74) is 6.23. The fourth-order valence-electron chi connectivity index (χ4n) is 2.16. The normalized spacial score (nSPS) is 12.0. The van der Waals surface area contributed by atoms with Crippen molar-refractivity contribution < 1.29 is 0 Å². The van der Waals surface area contributed by atoms with Crippen LogP contribution in [0.25, 0.3) is 0 Å². The van der Waals surface area contributed by atoms with Crippen LogP contribution < -0.4 is 16.2 Å². The van der Waals surface area contributed by atoms with Crippen molar-refractivity contribution in [2.24, 2.45) is 11.1 Å². The maximum atomic E-state index is 12.3. The first-order valence-electron chi connectivity index (χ1n) is 7.46. The molecule has 0 atom stereocenters. The summed E-state index contributed by atoms with van der Waals surface area (Å²) >= 11 is 6.30. The molecule has 0 fully saturated rings. The van der Waals surface area contributed by atoms with E-state index in [9.17, 15) is 4.79 Å². The van der Waals surface area contributed by atoms with Gasteiger partial charge in [-0.05, 0) is 32.2 Å². The highest BCUT2D eigenvalue weighted by molar-refractivity contribution is 6.33. The molecule has 0 spiro atoms. The molecule has 0 aromatic carbocycles. The average molecular weight is 315 g/mol. The monoisotopic (exact) mass is 314 g/mol. The van der Waals surface area contributed by atoms with Gasteiger partial charge >= 0.3 is 0 Å². The molecule has 5 nitrogen and oxygen atoms in total. The lowest BCUT2D eigenvalue weighted by atomic mass is 9.93. The van der Waals surface area contributed by atoms with Crippen molar-refractivity contribution in [1.82, 2.24) is 9.78 Å². The third-order valence-corrected chi connectivity index (χ3v) is 3.78. The van der Waals surface area contributed by atoms with E-state index in [0.29, 0.717) is 12.2 Å². The number of rotatable bonds is 7. The SMILES string of the molecule is CCCN(CC(C)(C)CN)c1cnn(C(C)C)c(=O)c1Cl. The smallest absolute Gasteiger partial charge is 0.287 e. The maximum absolute atomic E-state index is 12.3. The van der Waals surface area contributed by atoms with Crippen LogP contribution >= 0.6 is 11.6 Å². The van der Waals surface area contributed by atoms with Gasteiger partial charge in [0.25, 0.3) is 5.56 Å². The predicted molar refractivity (Wildman–Crippen MR) is 89.2 cm³/mol. The Morgan fingerprint density at radius 3 is 2.57 bits per heavy atom. The van der Waals surface area contributed by atoms with Gasteiger partial charge in [0, 0.05) is 13.1 Å². The van der Waals surface area contributed by atoms with Gasteiger partial charge in [-0.3, -0.25) is 4.79 Å². The first kappa shape index (κ1) is 18.0. The Morgan fingerprint density at radius 1 is 1.48 bits per heavy atom. The Hall–Kier alpha value is -1.07. The molecule has 0 saturated carbocycles. The second-order valence-electron chi connectivity index (χ2n) is 6.48. The maximum Gasteiger partial charge on any atom is 0.287 e. The molecule has 21 heavy (non-hydrogen) atoms. The second-order valence-corrected chi connectivity index (χ2v) is 6.86. The summed E-state index contributed by atoms with van der Waals surface area (Å²) in [6, 6.07) is -0.0100. The summed E-state index contributed by atoms with van der Waals surface area (Å²) in [5, 5.41) is 4.48. The van der Waals surface area contributed by atoms with Crippen molar-refractivity contribution in [2.45, 2.75) is 47.1 Å². The van der Waals surface area contributed by atoms with E-state index < -0.39 is 0 Å². The molecule has 0 radical (unpaired) electrons. The van der Waals surface area contributed by atoms with Crippen LogP contribution in [0, 0.1) is 5.41 Å². The molecule has 0 amide bonds. The Morgan fingerprint density at radius 2 is 2.10 bits per heavy atom. The topological polar surface area (TPSA) is 64.2 Å². The molecule has 0 saturated heterocycles. The number of nitrogens with two attached hydrogens (primary N) is 1. The number of aromatic nitrogens is 2. The molecule has 2 N–H and O–H groups in total. The van der Waals surface area contributed by atoms with Gasteiger partial charge in [0.05, 0.1) is 17.9 Å². The van der Waals surface area contributed by atoms with Crippen LogP contribution in [0.3, 0.4) is 0 Å². The molecule has 0 aliphatic heterocycles. The first-order chi connectivity index (χ1) is 9.73. The molecule has 0 bridgehead atoms. The third kappa shape index (κ3) is 4.45. The molecule has 0 aliphatic carbocycles. The molecule has 6 heteroatoms. The highest BCUT2D eigenvalue weighted by atomic mass is 35.5. The summed E-state index contributed by atoms with van der Waals surface area (Å²) in [6.45, 7) is 12.2. The summed E-state index contributed by atoms with van der Waals surface area (Å²) < 4.78 is 1.41. The minimum Gasteiger partial charge on any atom is -0.368 e. The van der Waals surface area contributed by atoms with Crippen LogP contribution in [0.15, 0.2) is 11.0 Å². The van der Waals surface area contributed by atoms with E-state index in [-0.39, 0.29) is 22.0 Å². The van der Waals surface area contributed by atoms with E-state index in [1.54, 1.807) is 6.20 Å². The zero-order valence-electron chi connectivity index (χ0n) is 13.7. The minimum absolute atomic E-state index is 0.0100. The molecule has 1 heterocycles. The lowest BCUT2D eigenvalue weighted by Gasteiger charge is -2.33. The Labute approximate surface area is 132 Å². The molecule has 0 aliphatic rings. The summed E-state index contributed by atoms with van der Waals surface area (Å²) in [7, 11) is 0. The zero-order valence-corrected chi connectivity index (χ0v) is 14.4. The number of hydrogen-bond acceptors (Lipinski definition) is 4. The van der Waals surface area contributed by atoms with E-state index in [1.807, 2.05) is 13.8 Å². The summed E-state index contributed by atoms with van der Waals surface area (Å²) in [6.07, 6.45) is 2.65. The minimum atomic E-state index is -0.240. The molecule has 1 rings (SSSR count).